The zero-order valence-electron chi connectivity index (χ0n) is 7.17. The lowest BCUT2D eigenvalue weighted by Crippen LogP contribution is -2.33. The number of aliphatic hydroxyl groups is 2. The van der Waals surface area contributed by atoms with Crippen LogP contribution in [0.4, 0.5) is 0 Å². The summed E-state index contributed by atoms with van der Waals surface area (Å²) >= 11 is 0. The average Bonchev–Trinajstić information content (AvgIpc) is 2.65. The van der Waals surface area contributed by atoms with Gasteiger partial charge in [0.1, 0.15) is 12.2 Å². The quantitative estimate of drug-likeness (QED) is 0.445. The molecule has 6 heteroatoms. The van der Waals surface area contributed by atoms with Gasteiger partial charge in [0.05, 0.1) is 6.61 Å². The van der Waals surface area contributed by atoms with Crippen molar-refractivity contribution in [3.63, 3.8) is 0 Å². The fourth-order valence-electron chi connectivity index (χ4n) is 1.54. The highest BCUT2D eigenvalue weighted by Crippen LogP contribution is 2.26. The molecule has 0 aromatic rings. The van der Waals surface area contributed by atoms with Gasteiger partial charge in [0, 0.05) is 7.05 Å². The van der Waals surface area contributed by atoms with Gasteiger partial charge in [-0.25, -0.2) is 4.99 Å². The monoisotopic (exact) mass is 188 g/mol. The molecule has 2 fully saturated rings. The molecule has 0 amide bonds. The Kier molecular flexibility index (Phi) is 2.10. The molecule has 2 saturated heterocycles. The molecule has 0 saturated carbocycles. The van der Waals surface area contributed by atoms with Crippen LogP contribution in [0.2, 0.25) is 0 Å². The highest BCUT2D eigenvalue weighted by molar-refractivity contribution is 5.76. The Balaban J connectivity index is 2.07. The fraction of sp³-hybridized carbons (Fsp3) is 0.857. The Hall–Kier alpha value is -0.850. The highest BCUT2D eigenvalue weighted by atomic mass is 16.6. The number of nitrogens with zero attached hydrogens (tertiary/aromatic N) is 1. The maximum atomic E-state index is 9.57. The lowest BCUT2D eigenvalue weighted by molar-refractivity contribution is -0.0267. The summed E-state index contributed by atoms with van der Waals surface area (Å²) in [5, 5.41) is 21.2. The molecule has 0 aromatic heterocycles. The molecule has 0 bridgehead atoms. The largest absolute Gasteiger partial charge is 0.454 e. The number of ether oxygens (including phenoxy) is 2. The van der Waals surface area contributed by atoms with E-state index in [2.05, 4.69) is 10.3 Å². The van der Waals surface area contributed by atoms with Crippen LogP contribution in [0.15, 0.2) is 4.99 Å². The van der Waals surface area contributed by atoms with Gasteiger partial charge in [-0.1, -0.05) is 0 Å². The van der Waals surface area contributed by atoms with Crippen molar-refractivity contribution < 1.29 is 19.7 Å². The first-order valence-electron chi connectivity index (χ1n) is 4.10. The molecule has 6 nitrogen and oxygen atoms in total. The third-order valence-corrected chi connectivity index (χ3v) is 2.23. The van der Waals surface area contributed by atoms with E-state index in [1.165, 1.54) is 0 Å². The zero-order valence-corrected chi connectivity index (χ0v) is 7.17. The minimum Gasteiger partial charge on any atom is -0.454 e. The van der Waals surface area contributed by atoms with Crippen molar-refractivity contribution in [3.05, 3.63) is 0 Å². The molecule has 0 aliphatic carbocycles. The van der Waals surface area contributed by atoms with E-state index in [1.54, 1.807) is 7.05 Å². The van der Waals surface area contributed by atoms with Gasteiger partial charge in [-0.3, -0.25) is 0 Å². The third kappa shape index (κ3) is 1.27. The van der Waals surface area contributed by atoms with Crippen LogP contribution < -0.4 is 5.32 Å². The van der Waals surface area contributed by atoms with Gasteiger partial charge in [-0.15, -0.1) is 0 Å². The maximum absolute atomic E-state index is 9.57. The number of amidine groups is 1. The van der Waals surface area contributed by atoms with Crippen LogP contribution in [0.3, 0.4) is 0 Å². The Morgan fingerprint density at radius 2 is 2.38 bits per heavy atom. The number of aliphatic hydroxyl groups excluding tert-OH is 2. The van der Waals surface area contributed by atoms with Crippen LogP contribution >= 0.6 is 0 Å². The normalized spacial score (nSPS) is 45.9. The summed E-state index contributed by atoms with van der Waals surface area (Å²) in [7, 11) is 1.58. The van der Waals surface area contributed by atoms with E-state index in [-0.39, 0.29) is 6.61 Å². The number of rotatable bonds is 1. The van der Waals surface area contributed by atoms with Crippen LogP contribution in [0.25, 0.3) is 0 Å². The lowest BCUT2D eigenvalue weighted by atomic mass is 10.1. The van der Waals surface area contributed by atoms with Crippen molar-refractivity contribution in [1.82, 2.24) is 5.32 Å². The molecule has 3 N–H and O–H groups in total. The molecule has 74 valence electrons. The molecule has 0 radical (unpaired) electrons. The first-order valence-corrected chi connectivity index (χ1v) is 4.10. The Labute approximate surface area is 75.2 Å². The number of hydrogen-bond acceptors (Lipinski definition) is 5. The van der Waals surface area contributed by atoms with Crippen molar-refractivity contribution in [2.45, 2.75) is 24.5 Å². The molecule has 2 heterocycles. The van der Waals surface area contributed by atoms with Crippen molar-refractivity contribution in [1.29, 1.82) is 0 Å². The SMILES string of the molecule is CN=C1NC2OC(CO)C(O)C2O1. The fourth-order valence-corrected chi connectivity index (χ4v) is 1.54. The summed E-state index contributed by atoms with van der Waals surface area (Å²) in [6.07, 6.45) is -2.23. The molecular weight excluding hydrogens is 176 g/mol. The van der Waals surface area contributed by atoms with Gasteiger partial charge >= 0.3 is 0 Å². The standard InChI is InChI=1S/C7H12N2O4/c1-8-7-9-6-5(13-7)4(11)3(2-10)12-6/h3-6,10-11H,2H2,1H3,(H,8,9). The summed E-state index contributed by atoms with van der Waals surface area (Å²) in [6, 6.07) is 0.366. The first-order chi connectivity index (χ1) is 6.26. The second-order valence-electron chi connectivity index (χ2n) is 3.02. The topological polar surface area (TPSA) is 83.3 Å². The van der Waals surface area contributed by atoms with E-state index < -0.39 is 24.5 Å². The minimum absolute atomic E-state index is 0.211. The Morgan fingerprint density at radius 3 is 2.92 bits per heavy atom. The minimum atomic E-state index is -0.804. The summed E-state index contributed by atoms with van der Waals surface area (Å²) in [6.45, 7) is -0.211. The summed E-state index contributed by atoms with van der Waals surface area (Å²) in [5.74, 6) is 0. The van der Waals surface area contributed by atoms with Crippen molar-refractivity contribution in [3.8, 4) is 0 Å². The summed E-state index contributed by atoms with van der Waals surface area (Å²) < 4.78 is 10.5. The van der Waals surface area contributed by atoms with Crippen LogP contribution in [0, 0.1) is 0 Å². The van der Waals surface area contributed by atoms with Gasteiger partial charge in [0.15, 0.2) is 12.3 Å². The lowest BCUT2D eigenvalue weighted by Gasteiger charge is -2.13. The molecular formula is C7H12N2O4. The van der Waals surface area contributed by atoms with Gasteiger partial charge in [-0.2, -0.15) is 0 Å². The van der Waals surface area contributed by atoms with Crippen LogP contribution in [-0.4, -0.2) is 54.4 Å². The van der Waals surface area contributed by atoms with E-state index in [9.17, 15) is 5.11 Å². The molecule has 0 spiro atoms. The number of fused-ring (bicyclic) bond motifs is 1. The average molecular weight is 188 g/mol. The molecule has 2 aliphatic rings. The predicted octanol–water partition coefficient (Wildman–Crippen LogP) is -1.96. The van der Waals surface area contributed by atoms with Crippen molar-refractivity contribution in [2.24, 2.45) is 4.99 Å². The smallest absolute Gasteiger partial charge is 0.287 e. The van der Waals surface area contributed by atoms with E-state index in [4.69, 9.17) is 14.6 Å². The van der Waals surface area contributed by atoms with E-state index in [1.807, 2.05) is 0 Å². The second-order valence-corrected chi connectivity index (χ2v) is 3.02. The zero-order chi connectivity index (χ0) is 9.42. The molecule has 4 atom stereocenters. The Bertz CT molecular complexity index is 233. The van der Waals surface area contributed by atoms with E-state index >= 15 is 0 Å². The molecule has 2 rings (SSSR count). The maximum Gasteiger partial charge on any atom is 0.287 e. The number of nitrogens with one attached hydrogen (secondary N) is 1. The van der Waals surface area contributed by atoms with Crippen molar-refractivity contribution >= 4 is 6.02 Å². The molecule has 4 unspecified atom stereocenters. The van der Waals surface area contributed by atoms with E-state index in [0.29, 0.717) is 6.02 Å². The van der Waals surface area contributed by atoms with Crippen LogP contribution in [0.5, 0.6) is 0 Å². The Morgan fingerprint density at radius 1 is 1.62 bits per heavy atom. The van der Waals surface area contributed by atoms with Crippen molar-refractivity contribution in [2.75, 3.05) is 13.7 Å². The van der Waals surface area contributed by atoms with Crippen LogP contribution in [0.1, 0.15) is 0 Å². The predicted molar refractivity (Wildman–Crippen MR) is 43.1 cm³/mol. The van der Waals surface area contributed by atoms with Gasteiger partial charge in [0.25, 0.3) is 6.02 Å². The highest BCUT2D eigenvalue weighted by Gasteiger charge is 2.49. The van der Waals surface area contributed by atoms with Gasteiger partial charge < -0.3 is 25.0 Å². The summed E-state index contributed by atoms with van der Waals surface area (Å²) in [4.78, 5) is 3.79. The number of aliphatic imine (C=N–C) groups is 1. The van der Waals surface area contributed by atoms with Crippen LogP contribution in [-0.2, 0) is 9.47 Å². The molecule has 13 heavy (non-hydrogen) atoms. The second kappa shape index (κ2) is 3.13. The number of hydrogen-bond donors (Lipinski definition) is 3. The first kappa shape index (κ1) is 8.74. The third-order valence-electron chi connectivity index (χ3n) is 2.23. The van der Waals surface area contributed by atoms with Gasteiger partial charge in [0.2, 0.25) is 0 Å². The van der Waals surface area contributed by atoms with Gasteiger partial charge in [-0.05, 0) is 0 Å². The van der Waals surface area contributed by atoms with E-state index in [0.717, 1.165) is 0 Å². The molecule has 0 aromatic carbocycles. The molecule has 2 aliphatic heterocycles. The summed E-state index contributed by atoms with van der Waals surface area (Å²) in [5.41, 5.74) is 0.